The van der Waals surface area contributed by atoms with Gasteiger partial charge in [-0.3, -0.25) is 9.36 Å². The molecule has 0 bridgehead atoms. The van der Waals surface area contributed by atoms with E-state index in [1.165, 1.54) is 4.31 Å². The fourth-order valence-electron chi connectivity index (χ4n) is 4.21. The second-order valence-corrected chi connectivity index (χ2v) is 10.4. The van der Waals surface area contributed by atoms with Crippen LogP contribution >= 0.6 is 0 Å². The highest BCUT2D eigenvalue weighted by molar-refractivity contribution is 7.89. The number of carbonyl (C=O) groups is 1. The van der Waals surface area contributed by atoms with E-state index in [1.807, 2.05) is 47.9 Å². The van der Waals surface area contributed by atoms with Crippen LogP contribution < -0.4 is 5.32 Å². The van der Waals surface area contributed by atoms with Crippen LogP contribution in [0.15, 0.2) is 78.1 Å². The molecule has 174 valence electrons. The summed E-state index contributed by atoms with van der Waals surface area (Å²) in [6.45, 7) is 2.56. The third-order valence-corrected chi connectivity index (χ3v) is 8.11. The van der Waals surface area contributed by atoms with E-state index in [2.05, 4.69) is 15.3 Å². The smallest absolute Gasteiger partial charge is 0.243 e. The average molecular weight is 476 g/mol. The first-order valence-corrected chi connectivity index (χ1v) is 12.6. The number of imidazole rings is 1. The molecular formula is C25H25N5O3S. The van der Waals surface area contributed by atoms with Crippen LogP contribution in [0.2, 0.25) is 0 Å². The third kappa shape index (κ3) is 4.32. The lowest BCUT2D eigenvalue weighted by Gasteiger charge is -2.30. The van der Waals surface area contributed by atoms with Crippen molar-refractivity contribution in [2.24, 2.45) is 5.92 Å². The highest BCUT2D eigenvalue weighted by Gasteiger charge is 2.32. The Labute approximate surface area is 198 Å². The summed E-state index contributed by atoms with van der Waals surface area (Å²) >= 11 is 0. The lowest BCUT2D eigenvalue weighted by atomic mass is 9.97. The summed E-state index contributed by atoms with van der Waals surface area (Å²) < 4.78 is 29.1. The normalized spacial score (nSPS) is 15.4. The first kappa shape index (κ1) is 22.2. The van der Waals surface area contributed by atoms with E-state index in [0.717, 1.165) is 16.6 Å². The lowest BCUT2D eigenvalue weighted by molar-refractivity contribution is -0.120. The number of hydrogen-bond acceptors (Lipinski definition) is 5. The van der Waals surface area contributed by atoms with Crippen LogP contribution in [0.25, 0.3) is 16.9 Å². The number of nitrogens with one attached hydrogen (secondary N) is 1. The van der Waals surface area contributed by atoms with E-state index in [9.17, 15) is 13.2 Å². The van der Waals surface area contributed by atoms with Crippen LogP contribution in [0.1, 0.15) is 18.4 Å². The van der Waals surface area contributed by atoms with Crippen molar-refractivity contribution in [1.82, 2.24) is 18.8 Å². The van der Waals surface area contributed by atoms with Crippen molar-refractivity contribution in [2.75, 3.05) is 18.4 Å². The third-order valence-electron chi connectivity index (χ3n) is 6.20. The molecule has 8 nitrogen and oxygen atoms in total. The van der Waals surface area contributed by atoms with Gasteiger partial charge in [-0.25, -0.2) is 18.4 Å². The Morgan fingerprint density at radius 2 is 1.71 bits per heavy atom. The van der Waals surface area contributed by atoms with Gasteiger partial charge in [0, 0.05) is 19.0 Å². The van der Waals surface area contributed by atoms with Crippen LogP contribution in [-0.4, -0.2) is 46.3 Å². The summed E-state index contributed by atoms with van der Waals surface area (Å²) in [6.07, 6.45) is 4.30. The fraction of sp³-hybridized carbons (Fsp3) is 0.240. The molecule has 2 aromatic heterocycles. The zero-order valence-corrected chi connectivity index (χ0v) is 19.6. The summed E-state index contributed by atoms with van der Waals surface area (Å²) in [6, 6.07) is 18.3. The standard InChI is InChI=1S/C25H25N5O3S/c1-18-6-9-21(10-7-18)34(32,33)29-14-12-19(13-15-29)25(31)28-20-8-11-24(26-16-20)30-17-27-22-4-2-3-5-23(22)30/h2-11,16-17,19H,12-15H2,1H3,(H,28,31). The number of hydrogen-bond donors (Lipinski definition) is 1. The molecule has 1 saturated heterocycles. The summed E-state index contributed by atoms with van der Waals surface area (Å²) in [4.78, 5) is 21.9. The van der Waals surface area contributed by atoms with Crippen molar-refractivity contribution < 1.29 is 13.2 Å². The maximum Gasteiger partial charge on any atom is 0.243 e. The van der Waals surface area contributed by atoms with Crippen LogP contribution in [0.4, 0.5) is 5.69 Å². The van der Waals surface area contributed by atoms with Gasteiger partial charge < -0.3 is 5.32 Å². The average Bonchev–Trinajstić information content (AvgIpc) is 3.29. The van der Waals surface area contributed by atoms with Gasteiger partial charge in [-0.1, -0.05) is 29.8 Å². The number of pyridine rings is 1. The maximum atomic E-state index is 12.9. The predicted molar refractivity (Wildman–Crippen MR) is 130 cm³/mol. The van der Waals surface area contributed by atoms with Crippen molar-refractivity contribution in [3.63, 3.8) is 0 Å². The summed E-state index contributed by atoms with van der Waals surface area (Å²) in [7, 11) is -3.54. The molecule has 3 heterocycles. The van der Waals surface area contributed by atoms with Crippen LogP contribution in [0.5, 0.6) is 0 Å². The molecule has 1 aliphatic rings. The number of benzene rings is 2. The van der Waals surface area contributed by atoms with Gasteiger partial charge in [0.25, 0.3) is 0 Å². The molecule has 9 heteroatoms. The second kappa shape index (κ2) is 9.00. The van der Waals surface area contributed by atoms with E-state index in [1.54, 1.807) is 36.8 Å². The predicted octanol–water partition coefficient (Wildman–Crippen LogP) is 3.77. The molecule has 1 aliphatic heterocycles. The summed E-state index contributed by atoms with van der Waals surface area (Å²) in [5.41, 5.74) is 3.46. The number of carbonyl (C=O) groups excluding carboxylic acids is 1. The van der Waals surface area contributed by atoms with Gasteiger partial charge in [0.15, 0.2) is 0 Å². The van der Waals surface area contributed by atoms with Crippen molar-refractivity contribution in [1.29, 1.82) is 0 Å². The van der Waals surface area contributed by atoms with E-state index < -0.39 is 10.0 Å². The lowest BCUT2D eigenvalue weighted by Crippen LogP contribution is -2.41. The number of sulfonamides is 1. The number of amides is 1. The molecule has 1 amide bonds. The molecule has 0 spiro atoms. The molecule has 0 aliphatic carbocycles. The molecule has 1 N–H and O–H groups in total. The minimum absolute atomic E-state index is 0.116. The molecule has 0 unspecified atom stereocenters. The Morgan fingerprint density at radius 1 is 0.971 bits per heavy atom. The SMILES string of the molecule is Cc1ccc(S(=O)(=O)N2CCC(C(=O)Nc3ccc(-n4cnc5ccccc54)nc3)CC2)cc1. The molecular weight excluding hydrogens is 450 g/mol. The van der Waals surface area contributed by atoms with Crippen molar-refractivity contribution >= 4 is 32.7 Å². The molecule has 2 aromatic carbocycles. The Hall–Kier alpha value is -3.56. The molecule has 5 rings (SSSR count). The molecule has 4 aromatic rings. The van der Waals surface area contributed by atoms with Gasteiger partial charge in [0.05, 0.1) is 27.8 Å². The van der Waals surface area contributed by atoms with E-state index in [-0.39, 0.29) is 16.7 Å². The second-order valence-electron chi connectivity index (χ2n) is 8.49. The number of aryl methyl sites for hydroxylation is 1. The van der Waals surface area contributed by atoms with Gasteiger partial charge in [0.2, 0.25) is 15.9 Å². The van der Waals surface area contributed by atoms with Crippen molar-refractivity contribution in [3.05, 3.63) is 78.8 Å². The zero-order valence-electron chi connectivity index (χ0n) is 18.8. The minimum Gasteiger partial charge on any atom is -0.324 e. The fourth-order valence-corrected chi connectivity index (χ4v) is 5.68. The quantitative estimate of drug-likeness (QED) is 0.474. The van der Waals surface area contributed by atoms with Crippen LogP contribution in [-0.2, 0) is 14.8 Å². The summed E-state index contributed by atoms with van der Waals surface area (Å²) in [5, 5.41) is 2.92. The van der Waals surface area contributed by atoms with Crippen LogP contribution in [0.3, 0.4) is 0 Å². The molecule has 0 atom stereocenters. The Kier molecular flexibility index (Phi) is 5.89. The number of aromatic nitrogens is 3. The Bertz CT molecular complexity index is 1420. The zero-order chi connectivity index (χ0) is 23.7. The van der Waals surface area contributed by atoms with Gasteiger partial charge in [-0.15, -0.1) is 0 Å². The Morgan fingerprint density at radius 3 is 2.41 bits per heavy atom. The first-order valence-electron chi connectivity index (χ1n) is 11.2. The highest BCUT2D eigenvalue weighted by atomic mass is 32.2. The van der Waals surface area contributed by atoms with Crippen molar-refractivity contribution in [2.45, 2.75) is 24.7 Å². The minimum atomic E-state index is -3.54. The number of anilines is 1. The molecule has 0 radical (unpaired) electrons. The molecule has 0 saturated carbocycles. The van der Waals surface area contributed by atoms with Gasteiger partial charge in [-0.05, 0) is 56.2 Å². The topological polar surface area (TPSA) is 97.2 Å². The van der Waals surface area contributed by atoms with Gasteiger partial charge >= 0.3 is 0 Å². The number of para-hydroxylation sites is 2. The number of rotatable bonds is 5. The largest absolute Gasteiger partial charge is 0.324 e. The van der Waals surface area contributed by atoms with Crippen molar-refractivity contribution in [3.8, 4) is 5.82 Å². The number of fused-ring (bicyclic) bond motifs is 1. The van der Waals surface area contributed by atoms with Crippen LogP contribution in [0, 0.1) is 12.8 Å². The highest BCUT2D eigenvalue weighted by Crippen LogP contribution is 2.25. The number of nitrogens with zero attached hydrogens (tertiary/aromatic N) is 4. The van der Waals surface area contributed by atoms with Gasteiger partial charge in [0.1, 0.15) is 12.1 Å². The van der Waals surface area contributed by atoms with Gasteiger partial charge in [-0.2, -0.15) is 4.31 Å². The van der Waals surface area contributed by atoms with E-state index >= 15 is 0 Å². The van der Waals surface area contributed by atoms with E-state index in [0.29, 0.717) is 37.4 Å². The molecule has 34 heavy (non-hydrogen) atoms. The molecule has 1 fully saturated rings. The Balaban J connectivity index is 1.21. The van der Waals surface area contributed by atoms with E-state index in [4.69, 9.17) is 0 Å². The monoisotopic (exact) mass is 475 g/mol. The number of piperidine rings is 1. The maximum absolute atomic E-state index is 12.9. The summed E-state index contributed by atoms with van der Waals surface area (Å²) in [5.74, 6) is 0.345. The first-order chi connectivity index (χ1) is 16.4.